The van der Waals surface area contributed by atoms with Crippen LogP contribution in [0.5, 0.6) is 0 Å². The number of fused-ring (bicyclic) bond motifs is 1. The molecule has 2 aromatic heterocycles. The Kier molecular flexibility index (Phi) is 4.95. The lowest BCUT2D eigenvalue weighted by Crippen LogP contribution is -2.08. The van der Waals surface area contributed by atoms with Gasteiger partial charge in [-0.1, -0.05) is 30.0 Å². The van der Waals surface area contributed by atoms with E-state index in [0.717, 1.165) is 17.0 Å². The minimum absolute atomic E-state index is 0.265. The molecule has 0 aliphatic carbocycles. The first kappa shape index (κ1) is 16.9. The minimum Gasteiger partial charge on any atom is -0.447 e. The summed E-state index contributed by atoms with van der Waals surface area (Å²) >= 11 is 1.41. The molecule has 0 saturated carbocycles. The van der Waals surface area contributed by atoms with E-state index in [2.05, 4.69) is 15.1 Å². The molecule has 0 N–H and O–H groups in total. The molecule has 126 valence electrons. The second kappa shape index (κ2) is 7.32. The van der Waals surface area contributed by atoms with Gasteiger partial charge < -0.3 is 4.74 Å². The fraction of sp³-hybridized carbons (Fsp3) is 0.235. The van der Waals surface area contributed by atoms with E-state index in [0.29, 0.717) is 22.3 Å². The zero-order valence-electron chi connectivity index (χ0n) is 13.8. The van der Waals surface area contributed by atoms with Gasteiger partial charge in [0, 0.05) is 17.1 Å². The maximum atomic E-state index is 12.0. The van der Waals surface area contributed by atoms with Crippen LogP contribution < -0.4 is 0 Å². The third-order valence-corrected chi connectivity index (χ3v) is 4.35. The summed E-state index contributed by atoms with van der Waals surface area (Å²) in [4.78, 5) is 20.8. The molecule has 0 aliphatic heterocycles. The van der Waals surface area contributed by atoms with Crippen LogP contribution in [-0.2, 0) is 10.5 Å². The molecule has 0 atom stereocenters. The van der Waals surface area contributed by atoms with Crippen LogP contribution in [0.3, 0.4) is 0 Å². The van der Waals surface area contributed by atoms with Crippen LogP contribution >= 0.6 is 11.8 Å². The highest BCUT2D eigenvalue weighted by atomic mass is 32.2. The monoisotopic (exact) mass is 353 g/mol. The molecule has 7 nitrogen and oxygen atoms in total. The summed E-state index contributed by atoms with van der Waals surface area (Å²) in [6.45, 7) is 3.60. The van der Waals surface area contributed by atoms with Gasteiger partial charge in [-0.25, -0.2) is 14.3 Å². The Balaban J connectivity index is 1.79. The van der Waals surface area contributed by atoms with Crippen molar-refractivity contribution in [1.29, 1.82) is 5.26 Å². The number of ether oxygens (including phenoxy) is 1. The van der Waals surface area contributed by atoms with E-state index in [9.17, 15) is 4.79 Å². The highest BCUT2D eigenvalue weighted by molar-refractivity contribution is 7.98. The zero-order chi connectivity index (χ0) is 17.8. The first-order valence-electron chi connectivity index (χ1n) is 7.54. The molecule has 0 fully saturated rings. The van der Waals surface area contributed by atoms with Crippen LogP contribution in [0.15, 0.2) is 35.5 Å². The van der Waals surface area contributed by atoms with Gasteiger partial charge in [0.05, 0.1) is 5.56 Å². The lowest BCUT2D eigenvalue weighted by atomic mass is 10.1. The van der Waals surface area contributed by atoms with E-state index in [4.69, 9.17) is 10.00 Å². The van der Waals surface area contributed by atoms with Crippen molar-refractivity contribution in [3.05, 3.63) is 52.8 Å². The molecule has 0 unspecified atom stereocenters. The van der Waals surface area contributed by atoms with Gasteiger partial charge in [-0.15, -0.1) is 5.10 Å². The van der Waals surface area contributed by atoms with Crippen molar-refractivity contribution in [2.75, 3.05) is 6.61 Å². The van der Waals surface area contributed by atoms with Crippen LogP contribution in [-0.4, -0.2) is 32.2 Å². The Morgan fingerprint density at radius 1 is 1.32 bits per heavy atom. The van der Waals surface area contributed by atoms with Crippen molar-refractivity contribution in [1.82, 2.24) is 19.6 Å². The first-order chi connectivity index (χ1) is 12.1. The number of thioether (sulfide) groups is 1. The fourth-order valence-electron chi connectivity index (χ4n) is 2.37. The number of hydrogen-bond acceptors (Lipinski definition) is 7. The largest absolute Gasteiger partial charge is 0.447 e. The van der Waals surface area contributed by atoms with Gasteiger partial charge in [-0.05, 0) is 31.5 Å². The zero-order valence-corrected chi connectivity index (χ0v) is 14.6. The Morgan fingerprint density at radius 3 is 2.92 bits per heavy atom. The maximum absolute atomic E-state index is 12.0. The van der Waals surface area contributed by atoms with Crippen molar-refractivity contribution in [2.24, 2.45) is 0 Å². The van der Waals surface area contributed by atoms with E-state index in [1.54, 1.807) is 22.7 Å². The van der Waals surface area contributed by atoms with Gasteiger partial charge in [-0.3, -0.25) is 0 Å². The van der Waals surface area contributed by atoms with Crippen molar-refractivity contribution in [2.45, 2.75) is 24.8 Å². The molecule has 2 heterocycles. The molecule has 0 radical (unpaired) electrons. The summed E-state index contributed by atoms with van der Waals surface area (Å²) < 4.78 is 6.59. The molecule has 0 amide bonds. The third kappa shape index (κ3) is 3.78. The van der Waals surface area contributed by atoms with Crippen LogP contribution in [0.4, 0.5) is 0 Å². The van der Waals surface area contributed by atoms with E-state index in [1.807, 2.05) is 32.0 Å². The molecule has 8 heteroatoms. The van der Waals surface area contributed by atoms with E-state index in [1.165, 1.54) is 11.8 Å². The van der Waals surface area contributed by atoms with Gasteiger partial charge in [0.1, 0.15) is 6.07 Å². The van der Waals surface area contributed by atoms with Crippen molar-refractivity contribution in [3.8, 4) is 6.07 Å². The predicted octanol–water partition coefficient (Wildman–Crippen LogP) is 2.71. The first-order valence-corrected chi connectivity index (χ1v) is 8.53. The Bertz CT molecular complexity index is 977. The molecule has 0 aliphatic rings. The number of nitriles is 1. The predicted molar refractivity (Wildman–Crippen MR) is 92.2 cm³/mol. The molecule has 1 aromatic carbocycles. The number of esters is 1. The van der Waals surface area contributed by atoms with E-state index < -0.39 is 5.97 Å². The van der Waals surface area contributed by atoms with Crippen molar-refractivity contribution in [3.63, 3.8) is 0 Å². The number of benzene rings is 1. The van der Waals surface area contributed by atoms with E-state index in [-0.39, 0.29) is 6.61 Å². The number of aromatic nitrogens is 4. The second-order valence-electron chi connectivity index (χ2n) is 5.33. The lowest BCUT2D eigenvalue weighted by molar-refractivity contribution is 0.0554. The third-order valence-electron chi connectivity index (χ3n) is 3.46. The average Bonchev–Trinajstić information content (AvgIpc) is 3.01. The maximum Gasteiger partial charge on any atom is 0.339 e. The summed E-state index contributed by atoms with van der Waals surface area (Å²) in [7, 11) is 0. The van der Waals surface area contributed by atoms with Gasteiger partial charge in [0.25, 0.3) is 5.78 Å². The van der Waals surface area contributed by atoms with E-state index >= 15 is 0 Å². The van der Waals surface area contributed by atoms with Crippen LogP contribution in [0.1, 0.15) is 27.3 Å². The van der Waals surface area contributed by atoms with Crippen molar-refractivity contribution >= 4 is 23.5 Å². The molecule has 3 rings (SSSR count). The van der Waals surface area contributed by atoms with Gasteiger partial charge >= 0.3 is 5.97 Å². The SMILES string of the molecule is Cc1cc(C)n2nc(SCc3ccccc3C(=O)OCC#N)nc2n1. The Hall–Kier alpha value is -2.92. The molecule has 0 saturated heterocycles. The fourth-order valence-corrected chi connectivity index (χ4v) is 3.19. The highest BCUT2D eigenvalue weighted by Crippen LogP contribution is 2.23. The van der Waals surface area contributed by atoms with Gasteiger partial charge in [0.15, 0.2) is 6.61 Å². The molecule has 0 bridgehead atoms. The molecular formula is C17H15N5O2S. The Labute approximate surface area is 148 Å². The van der Waals surface area contributed by atoms with Crippen molar-refractivity contribution < 1.29 is 9.53 Å². The number of carbonyl (C=O) groups is 1. The molecule has 25 heavy (non-hydrogen) atoms. The average molecular weight is 353 g/mol. The number of hydrogen-bond donors (Lipinski definition) is 0. The topological polar surface area (TPSA) is 93.2 Å². The Morgan fingerprint density at radius 2 is 2.12 bits per heavy atom. The summed E-state index contributed by atoms with van der Waals surface area (Å²) in [6.07, 6.45) is 0. The van der Waals surface area contributed by atoms with Crippen LogP contribution in [0.25, 0.3) is 5.78 Å². The van der Waals surface area contributed by atoms with Crippen LogP contribution in [0.2, 0.25) is 0 Å². The second-order valence-corrected chi connectivity index (χ2v) is 6.27. The summed E-state index contributed by atoms with van der Waals surface area (Å²) in [5, 5.41) is 13.6. The summed E-state index contributed by atoms with van der Waals surface area (Å²) in [5.41, 5.74) is 3.09. The van der Waals surface area contributed by atoms with Crippen LogP contribution in [0, 0.1) is 25.2 Å². The normalized spacial score (nSPS) is 10.6. The number of carbonyl (C=O) groups excluding carboxylic acids is 1. The van der Waals surface area contributed by atoms with Gasteiger partial charge in [0.2, 0.25) is 5.16 Å². The lowest BCUT2D eigenvalue weighted by Gasteiger charge is -2.06. The highest BCUT2D eigenvalue weighted by Gasteiger charge is 2.14. The summed E-state index contributed by atoms with van der Waals surface area (Å²) in [5.74, 6) is 0.558. The standard InChI is InChI=1S/C17H15N5O2S/c1-11-9-12(2)22-16(19-11)20-17(21-22)25-10-13-5-3-4-6-14(13)15(23)24-8-7-18/h3-6,9H,8,10H2,1-2H3. The number of rotatable bonds is 5. The minimum atomic E-state index is -0.506. The summed E-state index contributed by atoms with van der Waals surface area (Å²) in [6, 6.07) is 10.9. The van der Waals surface area contributed by atoms with Gasteiger partial charge in [-0.2, -0.15) is 10.2 Å². The smallest absolute Gasteiger partial charge is 0.339 e. The molecule has 3 aromatic rings. The number of aryl methyl sites for hydroxylation is 2. The number of nitrogens with zero attached hydrogens (tertiary/aromatic N) is 5. The quantitative estimate of drug-likeness (QED) is 0.514. The molecular weight excluding hydrogens is 338 g/mol. The molecule has 0 spiro atoms.